The summed E-state index contributed by atoms with van der Waals surface area (Å²) in [6.45, 7) is 6.30. The molecule has 1 aliphatic rings. The van der Waals surface area contributed by atoms with Crippen LogP contribution < -0.4 is 5.32 Å². The fourth-order valence-corrected chi connectivity index (χ4v) is 2.38. The zero-order chi connectivity index (χ0) is 11.5. The van der Waals surface area contributed by atoms with Crippen LogP contribution in [0.25, 0.3) is 0 Å². The second-order valence-electron chi connectivity index (χ2n) is 4.67. The maximum atomic E-state index is 9.10. The third-order valence-electron chi connectivity index (χ3n) is 3.58. The molecule has 16 heavy (non-hydrogen) atoms. The van der Waals surface area contributed by atoms with E-state index in [4.69, 9.17) is 5.26 Å². The summed E-state index contributed by atoms with van der Waals surface area (Å²) < 4.78 is 0. The van der Waals surface area contributed by atoms with Gasteiger partial charge in [-0.15, -0.1) is 0 Å². The van der Waals surface area contributed by atoms with Crippen molar-refractivity contribution in [1.29, 1.82) is 5.26 Å². The second kappa shape index (κ2) is 4.67. The molecule has 1 fully saturated rings. The highest BCUT2D eigenvalue weighted by atomic mass is 14.9. The van der Waals surface area contributed by atoms with Crippen LogP contribution in [0.5, 0.6) is 0 Å². The number of piperidine rings is 1. The number of nitrogens with one attached hydrogen (secondary N) is 1. The average molecular weight is 214 g/mol. The van der Waals surface area contributed by atoms with Gasteiger partial charge in [0.05, 0.1) is 11.6 Å². The number of aryl methyl sites for hydroxylation is 1. The smallest absolute Gasteiger partial charge is 0.0994 e. The summed E-state index contributed by atoms with van der Waals surface area (Å²) in [5, 5.41) is 12.5. The molecule has 1 aliphatic heterocycles. The first-order valence-corrected chi connectivity index (χ1v) is 5.94. The number of benzene rings is 1. The van der Waals surface area contributed by atoms with Gasteiger partial charge in [0.15, 0.2) is 0 Å². The highest BCUT2D eigenvalue weighted by molar-refractivity contribution is 5.45. The molecule has 2 rings (SSSR count). The Hall–Kier alpha value is -1.33. The molecule has 0 bridgehead atoms. The van der Waals surface area contributed by atoms with Crippen molar-refractivity contribution in [2.75, 3.05) is 13.1 Å². The molecule has 1 N–H and O–H groups in total. The van der Waals surface area contributed by atoms with Gasteiger partial charge >= 0.3 is 0 Å². The lowest BCUT2D eigenvalue weighted by atomic mass is 9.88. The number of hydrogen-bond donors (Lipinski definition) is 1. The third-order valence-corrected chi connectivity index (χ3v) is 3.58. The van der Waals surface area contributed by atoms with E-state index in [0.717, 1.165) is 24.2 Å². The van der Waals surface area contributed by atoms with Gasteiger partial charge in [0, 0.05) is 6.54 Å². The Bertz CT molecular complexity index is 423. The Morgan fingerprint density at radius 3 is 2.81 bits per heavy atom. The molecular weight excluding hydrogens is 196 g/mol. The molecule has 0 amide bonds. The van der Waals surface area contributed by atoms with Gasteiger partial charge in [-0.1, -0.05) is 6.07 Å². The molecule has 1 aromatic carbocycles. The Morgan fingerprint density at radius 2 is 2.19 bits per heavy atom. The lowest BCUT2D eigenvalue weighted by molar-refractivity contribution is 0.461. The van der Waals surface area contributed by atoms with Crippen molar-refractivity contribution in [1.82, 2.24) is 5.32 Å². The maximum Gasteiger partial charge on any atom is 0.0994 e. The van der Waals surface area contributed by atoms with Crippen molar-refractivity contribution >= 4 is 0 Å². The Morgan fingerprint density at radius 1 is 1.38 bits per heavy atom. The Balaban J connectivity index is 2.34. The topological polar surface area (TPSA) is 35.8 Å². The molecule has 1 unspecified atom stereocenters. The van der Waals surface area contributed by atoms with Gasteiger partial charge in [-0.2, -0.15) is 5.26 Å². The standard InChI is InChI=1S/C14H18N2/c1-10-6-13(7-14(8-15)11(10)2)12-4-3-5-16-9-12/h6-7,12,16H,3-5,9H2,1-2H3. The largest absolute Gasteiger partial charge is 0.316 e. The lowest BCUT2D eigenvalue weighted by Crippen LogP contribution is -2.28. The summed E-state index contributed by atoms with van der Waals surface area (Å²) in [5.41, 5.74) is 4.52. The van der Waals surface area contributed by atoms with E-state index in [-0.39, 0.29) is 0 Å². The molecule has 0 radical (unpaired) electrons. The minimum atomic E-state index is 0.583. The van der Waals surface area contributed by atoms with Crippen molar-refractivity contribution in [3.05, 3.63) is 34.4 Å². The van der Waals surface area contributed by atoms with E-state index < -0.39 is 0 Å². The molecule has 2 heteroatoms. The maximum absolute atomic E-state index is 9.10. The van der Waals surface area contributed by atoms with E-state index >= 15 is 0 Å². The highest BCUT2D eigenvalue weighted by Crippen LogP contribution is 2.26. The summed E-state index contributed by atoms with van der Waals surface area (Å²) in [5.74, 6) is 0.583. The van der Waals surface area contributed by atoms with Crippen LogP contribution in [0.4, 0.5) is 0 Å². The summed E-state index contributed by atoms with van der Waals surface area (Å²) in [7, 11) is 0. The first kappa shape index (κ1) is 11.2. The van der Waals surface area contributed by atoms with E-state index in [1.165, 1.54) is 24.0 Å². The minimum absolute atomic E-state index is 0.583. The minimum Gasteiger partial charge on any atom is -0.316 e. The van der Waals surface area contributed by atoms with Crippen molar-refractivity contribution in [3.63, 3.8) is 0 Å². The molecule has 1 saturated heterocycles. The second-order valence-corrected chi connectivity index (χ2v) is 4.67. The molecule has 0 aromatic heterocycles. The quantitative estimate of drug-likeness (QED) is 0.780. The predicted molar refractivity (Wildman–Crippen MR) is 65.5 cm³/mol. The molecule has 0 saturated carbocycles. The van der Waals surface area contributed by atoms with Gasteiger partial charge in [0.25, 0.3) is 0 Å². The van der Waals surface area contributed by atoms with Gasteiger partial charge in [0.1, 0.15) is 0 Å². The zero-order valence-corrected chi connectivity index (χ0v) is 10.0. The Kier molecular flexibility index (Phi) is 3.26. The Labute approximate surface area is 97.3 Å². The summed E-state index contributed by atoms with van der Waals surface area (Å²) in [6, 6.07) is 6.61. The molecule has 1 heterocycles. The highest BCUT2D eigenvalue weighted by Gasteiger charge is 2.16. The van der Waals surface area contributed by atoms with Crippen LogP contribution in [0.3, 0.4) is 0 Å². The number of nitriles is 1. The van der Waals surface area contributed by atoms with Crippen molar-refractivity contribution in [3.8, 4) is 6.07 Å². The van der Waals surface area contributed by atoms with Crippen LogP contribution in [-0.2, 0) is 0 Å². The zero-order valence-electron chi connectivity index (χ0n) is 10.0. The molecule has 0 aliphatic carbocycles. The average Bonchev–Trinajstić information content (AvgIpc) is 2.33. The van der Waals surface area contributed by atoms with Crippen molar-refractivity contribution in [2.45, 2.75) is 32.6 Å². The van der Waals surface area contributed by atoms with Gasteiger partial charge in [-0.3, -0.25) is 0 Å². The van der Waals surface area contributed by atoms with E-state index in [0.29, 0.717) is 5.92 Å². The van der Waals surface area contributed by atoms with Gasteiger partial charge in [0.2, 0.25) is 0 Å². The normalized spacial score (nSPS) is 20.4. The molecule has 2 nitrogen and oxygen atoms in total. The van der Waals surface area contributed by atoms with E-state index in [1.807, 2.05) is 6.92 Å². The first-order valence-electron chi connectivity index (χ1n) is 5.94. The monoisotopic (exact) mass is 214 g/mol. The van der Waals surface area contributed by atoms with Crippen LogP contribution in [0.15, 0.2) is 12.1 Å². The number of rotatable bonds is 1. The predicted octanol–water partition coefficient (Wildman–Crippen LogP) is 2.64. The summed E-state index contributed by atoms with van der Waals surface area (Å²) in [6.07, 6.45) is 2.47. The van der Waals surface area contributed by atoms with Crippen LogP contribution in [-0.4, -0.2) is 13.1 Å². The van der Waals surface area contributed by atoms with Crippen LogP contribution in [0, 0.1) is 25.2 Å². The van der Waals surface area contributed by atoms with Crippen LogP contribution in [0.1, 0.15) is 41.0 Å². The number of hydrogen-bond acceptors (Lipinski definition) is 2. The van der Waals surface area contributed by atoms with Gasteiger partial charge in [-0.05, 0) is 61.9 Å². The molecule has 0 spiro atoms. The summed E-state index contributed by atoms with van der Waals surface area (Å²) in [4.78, 5) is 0. The van der Waals surface area contributed by atoms with E-state index in [9.17, 15) is 0 Å². The fourth-order valence-electron chi connectivity index (χ4n) is 2.38. The molecule has 84 valence electrons. The van der Waals surface area contributed by atoms with Crippen molar-refractivity contribution < 1.29 is 0 Å². The van der Waals surface area contributed by atoms with E-state index in [2.05, 4.69) is 30.4 Å². The number of nitrogens with zero attached hydrogens (tertiary/aromatic N) is 1. The summed E-state index contributed by atoms with van der Waals surface area (Å²) >= 11 is 0. The molecular formula is C14H18N2. The third kappa shape index (κ3) is 2.10. The van der Waals surface area contributed by atoms with Gasteiger partial charge in [-0.25, -0.2) is 0 Å². The van der Waals surface area contributed by atoms with Gasteiger partial charge < -0.3 is 5.32 Å². The SMILES string of the molecule is Cc1cc(C2CCCNC2)cc(C#N)c1C. The van der Waals surface area contributed by atoms with Crippen molar-refractivity contribution in [2.24, 2.45) is 0 Å². The fraction of sp³-hybridized carbons (Fsp3) is 0.500. The first-order chi connectivity index (χ1) is 7.72. The van der Waals surface area contributed by atoms with E-state index in [1.54, 1.807) is 0 Å². The van der Waals surface area contributed by atoms with Crippen LogP contribution in [0.2, 0.25) is 0 Å². The lowest BCUT2D eigenvalue weighted by Gasteiger charge is -2.24. The molecule has 1 atom stereocenters. The molecule has 1 aromatic rings. The van der Waals surface area contributed by atoms with Crippen LogP contribution >= 0.6 is 0 Å².